The highest BCUT2D eigenvalue weighted by molar-refractivity contribution is 8.27. The first-order chi connectivity index (χ1) is 15.7. The van der Waals surface area contributed by atoms with Gasteiger partial charge in [0, 0.05) is 17.1 Å². The third-order valence-electron chi connectivity index (χ3n) is 5.27. The van der Waals surface area contributed by atoms with Gasteiger partial charge >= 0.3 is 5.97 Å². The second-order valence-electron chi connectivity index (χ2n) is 7.35. The highest BCUT2D eigenvalue weighted by atomic mass is 35.5. The number of carbonyl (C=O) groups excluding carboxylic acids is 2. The summed E-state index contributed by atoms with van der Waals surface area (Å²) in [7, 11) is 1.31. The van der Waals surface area contributed by atoms with Crippen molar-refractivity contribution in [2.45, 2.75) is 13.8 Å². The highest BCUT2D eigenvalue weighted by Gasteiger charge is 2.33. The number of aryl methyl sites for hydroxylation is 1. The Morgan fingerprint density at radius 1 is 1.12 bits per heavy atom. The van der Waals surface area contributed by atoms with Crippen LogP contribution in [0, 0.1) is 13.8 Å². The van der Waals surface area contributed by atoms with Crippen molar-refractivity contribution < 1.29 is 19.4 Å². The Morgan fingerprint density at radius 3 is 2.45 bits per heavy atom. The molecule has 0 bridgehead atoms. The number of methoxy groups -OCH3 is 1. The molecule has 0 aliphatic carbocycles. The average molecular weight is 499 g/mol. The lowest BCUT2D eigenvalue weighted by atomic mass is 10.2. The number of hydrogen-bond donors (Lipinski definition) is 1. The predicted molar refractivity (Wildman–Crippen MR) is 135 cm³/mol. The van der Waals surface area contributed by atoms with E-state index >= 15 is 0 Å². The van der Waals surface area contributed by atoms with Crippen LogP contribution in [0.2, 0.25) is 5.02 Å². The molecule has 1 aliphatic rings. The number of thiocarbonyl (C=S) groups is 1. The number of nitrogens with zero attached hydrogens (tertiary/aromatic N) is 2. The van der Waals surface area contributed by atoms with Gasteiger partial charge in [-0.1, -0.05) is 35.6 Å². The molecule has 6 nitrogen and oxygen atoms in total. The molecule has 1 aromatic heterocycles. The number of phenolic OH excluding ortho intramolecular Hbond substituents is 1. The minimum Gasteiger partial charge on any atom is -0.508 e. The van der Waals surface area contributed by atoms with Crippen LogP contribution in [0.25, 0.3) is 11.8 Å². The maximum absolute atomic E-state index is 13.1. The van der Waals surface area contributed by atoms with E-state index in [1.807, 2.05) is 36.6 Å². The Balaban J connectivity index is 1.71. The van der Waals surface area contributed by atoms with Crippen LogP contribution in [0.1, 0.15) is 27.3 Å². The molecule has 4 rings (SSSR count). The molecule has 168 valence electrons. The van der Waals surface area contributed by atoms with Gasteiger partial charge in [0.05, 0.1) is 28.3 Å². The molecule has 2 heterocycles. The van der Waals surface area contributed by atoms with Gasteiger partial charge in [0.25, 0.3) is 5.91 Å². The molecule has 1 N–H and O–H groups in total. The third-order valence-corrected chi connectivity index (χ3v) is 6.90. The van der Waals surface area contributed by atoms with E-state index in [1.165, 1.54) is 35.9 Å². The molecule has 1 amide bonds. The Morgan fingerprint density at radius 2 is 1.79 bits per heavy atom. The van der Waals surface area contributed by atoms with Crippen molar-refractivity contribution >= 4 is 63.5 Å². The second-order valence-corrected chi connectivity index (χ2v) is 9.43. The Bertz CT molecular complexity index is 1330. The molecular formula is C24H19ClN2O4S2. The second kappa shape index (κ2) is 9.05. The Labute approximate surface area is 205 Å². The van der Waals surface area contributed by atoms with Gasteiger partial charge in [0.15, 0.2) is 4.32 Å². The lowest BCUT2D eigenvalue weighted by Gasteiger charge is -2.14. The minimum absolute atomic E-state index is 0.115. The van der Waals surface area contributed by atoms with Gasteiger partial charge in [0.2, 0.25) is 0 Å². The van der Waals surface area contributed by atoms with E-state index in [2.05, 4.69) is 0 Å². The summed E-state index contributed by atoms with van der Waals surface area (Å²) < 4.78 is 7.23. The van der Waals surface area contributed by atoms with E-state index in [-0.39, 0.29) is 17.2 Å². The van der Waals surface area contributed by atoms with E-state index in [0.29, 0.717) is 19.9 Å². The van der Waals surface area contributed by atoms with Crippen molar-refractivity contribution in [1.82, 2.24) is 4.57 Å². The first-order valence-corrected chi connectivity index (χ1v) is 11.5. The predicted octanol–water partition coefficient (Wildman–Crippen LogP) is 5.65. The number of amides is 1. The van der Waals surface area contributed by atoms with Crippen LogP contribution in [0.15, 0.2) is 53.4 Å². The van der Waals surface area contributed by atoms with Crippen LogP contribution in [-0.4, -0.2) is 33.0 Å². The van der Waals surface area contributed by atoms with Crippen LogP contribution < -0.4 is 4.90 Å². The summed E-state index contributed by atoms with van der Waals surface area (Å²) in [4.78, 5) is 27.1. The van der Waals surface area contributed by atoms with E-state index in [4.69, 9.17) is 28.6 Å². The molecule has 1 fully saturated rings. The normalized spacial score (nSPS) is 14.9. The lowest BCUT2D eigenvalue weighted by Crippen LogP contribution is -2.27. The van der Waals surface area contributed by atoms with Crippen molar-refractivity contribution in [2.24, 2.45) is 0 Å². The molecule has 0 atom stereocenters. The summed E-state index contributed by atoms with van der Waals surface area (Å²) in [6.45, 7) is 3.88. The molecule has 1 saturated heterocycles. The zero-order valence-electron chi connectivity index (χ0n) is 18.0. The standard InChI is InChI=1S/C24H19ClN2O4S2/c1-13-10-15(14(2)26(13)17-6-9-20(25)19(12-17)23(30)31-3)11-21-22(29)27(24(32)33-21)16-4-7-18(28)8-5-16/h4-12,28H,1-3H3/b21-11-. The van der Waals surface area contributed by atoms with Crippen LogP contribution in [0.3, 0.4) is 0 Å². The van der Waals surface area contributed by atoms with Crippen LogP contribution in [0.4, 0.5) is 5.69 Å². The van der Waals surface area contributed by atoms with Gasteiger partial charge < -0.3 is 14.4 Å². The van der Waals surface area contributed by atoms with Crippen LogP contribution in [-0.2, 0) is 9.53 Å². The number of aromatic hydroxyl groups is 1. The third kappa shape index (κ3) is 4.29. The maximum Gasteiger partial charge on any atom is 0.339 e. The van der Waals surface area contributed by atoms with Gasteiger partial charge in [-0.05, 0) is 74.0 Å². The SMILES string of the molecule is COC(=O)c1cc(-n2c(C)cc(/C=C3\SC(=S)N(c4ccc(O)cc4)C3=O)c2C)ccc1Cl. The minimum atomic E-state index is -0.512. The lowest BCUT2D eigenvalue weighted by molar-refractivity contribution is -0.113. The van der Waals surface area contributed by atoms with Crippen molar-refractivity contribution in [3.63, 3.8) is 0 Å². The smallest absolute Gasteiger partial charge is 0.339 e. The number of aromatic nitrogens is 1. The Hall–Kier alpha value is -3.07. The van der Waals surface area contributed by atoms with Crippen molar-refractivity contribution in [3.8, 4) is 11.4 Å². The molecule has 0 unspecified atom stereocenters. The number of ether oxygens (including phenoxy) is 1. The number of halogens is 1. The summed E-state index contributed by atoms with van der Waals surface area (Å²) >= 11 is 12.8. The number of esters is 1. The fraction of sp³-hybridized carbons (Fsp3) is 0.125. The number of benzene rings is 2. The van der Waals surface area contributed by atoms with E-state index < -0.39 is 5.97 Å². The molecule has 33 heavy (non-hydrogen) atoms. The number of rotatable bonds is 4. The summed E-state index contributed by atoms with van der Waals surface area (Å²) in [6, 6.07) is 13.5. The molecular weight excluding hydrogens is 480 g/mol. The fourth-order valence-electron chi connectivity index (χ4n) is 3.68. The maximum atomic E-state index is 13.1. The number of thioether (sulfide) groups is 1. The van der Waals surface area contributed by atoms with Crippen LogP contribution in [0.5, 0.6) is 5.75 Å². The van der Waals surface area contributed by atoms with Crippen LogP contribution >= 0.6 is 35.6 Å². The zero-order chi connectivity index (χ0) is 23.9. The number of anilines is 1. The first-order valence-electron chi connectivity index (χ1n) is 9.85. The van der Waals surface area contributed by atoms with Crippen molar-refractivity contribution in [1.29, 1.82) is 0 Å². The van der Waals surface area contributed by atoms with Gasteiger partial charge in [-0.25, -0.2) is 4.79 Å². The largest absolute Gasteiger partial charge is 0.508 e. The number of carbonyl (C=O) groups is 2. The van der Waals surface area contributed by atoms with Gasteiger partial charge in [-0.15, -0.1) is 0 Å². The molecule has 3 aromatic rings. The van der Waals surface area contributed by atoms with E-state index in [1.54, 1.807) is 24.3 Å². The summed E-state index contributed by atoms with van der Waals surface area (Å²) in [5, 5.41) is 9.83. The molecule has 0 spiro atoms. The topological polar surface area (TPSA) is 71.8 Å². The summed E-state index contributed by atoms with van der Waals surface area (Å²) in [5.74, 6) is -0.618. The summed E-state index contributed by atoms with van der Waals surface area (Å²) in [6.07, 6.45) is 1.82. The number of phenols is 1. The average Bonchev–Trinajstić information content (AvgIpc) is 3.23. The van der Waals surface area contributed by atoms with Gasteiger partial charge in [0.1, 0.15) is 5.75 Å². The number of hydrogen-bond acceptors (Lipinski definition) is 6. The molecule has 2 aromatic carbocycles. The first kappa shape index (κ1) is 23.1. The highest BCUT2D eigenvalue weighted by Crippen LogP contribution is 2.37. The molecule has 9 heteroatoms. The quantitative estimate of drug-likeness (QED) is 0.285. The fourth-order valence-corrected chi connectivity index (χ4v) is 5.17. The van der Waals surface area contributed by atoms with Crippen molar-refractivity contribution in [2.75, 3.05) is 12.0 Å². The molecule has 0 saturated carbocycles. The van der Waals surface area contributed by atoms with Gasteiger partial charge in [-0.2, -0.15) is 0 Å². The van der Waals surface area contributed by atoms with E-state index in [0.717, 1.165) is 22.6 Å². The van der Waals surface area contributed by atoms with Crippen molar-refractivity contribution in [3.05, 3.63) is 81.0 Å². The zero-order valence-corrected chi connectivity index (χ0v) is 20.3. The monoisotopic (exact) mass is 498 g/mol. The molecule has 0 radical (unpaired) electrons. The van der Waals surface area contributed by atoms with Gasteiger partial charge in [-0.3, -0.25) is 9.69 Å². The Kier molecular flexibility index (Phi) is 6.34. The van der Waals surface area contributed by atoms with E-state index in [9.17, 15) is 14.7 Å². The summed E-state index contributed by atoms with van der Waals surface area (Å²) in [5.41, 5.74) is 4.30. The molecule has 1 aliphatic heterocycles.